The second kappa shape index (κ2) is 9.07. The van der Waals surface area contributed by atoms with Gasteiger partial charge in [-0.25, -0.2) is 0 Å². The van der Waals surface area contributed by atoms with E-state index in [4.69, 9.17) is 0 Å². The van der Waals surface area contributed by atoms with Crippen molar-refractivity contribution in [3.05, 3.63) is 46.3 Å². The van der Waals surface area contributed by atoms with E-state index in [1.165, 1.54) is 14.7 Å². The molecule has 0 unspecified atom stereocenters. The van der Waals surface area contributed by atoms with Gasteiger partial charge in [0, 0.05) is 10.6 Å². The number of thiophene rings is 1. The number of anilines is 2. The number of amides is 2. The van der Waals surface area contributed by atoms with Crippen molar-refractivity contribution >= 4 is 33.8 Å². The van der Waals surface area contributed by atoms with Crippen molar-refractivity contribution in [3.8, 4) is 0 Å². The average molecular weight is 415 g/mol. The van der Waals surface area contributed by atoms with E-state index in [2.05, 4.69) is 17.7 Å². The van der Waals surface area contributed by atoms with Gasteiger partial charge in [-0.2, -0.15) is 0 Å². The van der Waals surface area contributed by atoms with Crippen LogP contribution in [0.5, 0.6) is 0 Å². The monoisotopic (exact) mass is 414 g/mol. The van der Waals surface area contributed by atoms with Crippen LogP contribution in [0.25, 0.3) is 0 Å². The number of benzene rings is 1. The molecule has 1 aliphatic heterocycles. The second-order valence-electron chi connectivity index (χ2n) is 8.17. The number of nitrogens with one attached hydrogen (secondary N) is 4. The molecule has 4 rings (SSSR count). The lowest BCUT2D eigenvalue weighted by atomic mass is 9.95. The van der Waals surface area contributed by atoms with Crippen molar-refractivity contribution in [1.82, 2.24) is 0 Å². The van der Waals surface area contributed by atoms with Crippen LogP contribution in [-0.2, 0) is 17.6 Å². The summed E-state index contributed by atoms with van der Waals surface area (Å²) in [5, 5.41) is 6.80. The summed E-state index contributed by atoms with van der Waals surface area (Å²) in [5.41, 5.74) is 2.56. The summed E-state index contributed by atoms with van der Waals surface area (Å²) < 4.78 is 0. The summed E-state index contributed by atoms with van der Waals surface area (Å²) in [5.74, 6) is -0.117. The molecule has 7 heteroatoms. The van der Waals surface area contributed by atoms with Gasteiger partial charge >= 0.3 is 0 Å². The van der Waals surface area contributed by atoms with Gasteiger partial charge in [-0.3, -0.25) is 9.59 Å². The molecule has 2 amide bonds. The van der Waals surface area contributed by atoms with Crippen molar-refractivity contribution in [2.24, 2.45) is 0 Å². The molecule has 1 saturated heterocycles. The fraction of sp³-hybridized carbons (Fsp3) is 0.455. The number of hydrogen-bond acceptors (Lipinski definition) is 3. The van der Waals surface area contributed by atoms with Crippen LogP contribution in [0.1, 0.15) is 33.6 Å². The third kappa shape index (κ3) is 4.86. The van der Waals surface area contributed by atoms with Gasteiger partial charge in [-0.05, 0) is 43.4 Å². The first-order valence-corrected chi connectivity index (χ1v) is 11.4. The first-order chi connectivity index (χ1) is 14.1. The minimum Gasteiger partial charge on any atom is -0.328 e. The van der Waals surface area contributed by atoms with Crippen LogP contribution in [0, 0.1) is 0 Å². The van der Waals surface area contributed by atoms with Gasteiger partial charge in [0.1, 0.15) is 31.2 Å². The van der Waals surface area contributed by atoms with Crippen LogP contribution >= 0.6 is 11.3 Å². The maximum atomic E-state index is 13.1. The highest BCUT2D eigenvalue weighted by Crippen LogP contribution is 2.38. The molecular formula is C22H30N4O2S+2. The summed E-state index contributed by atoms with van der Waals surface area (Å²) in [4.78, 5) is 30.0. The molecule has 2 aliphatic rings. The first-order valence-electron chi connectivity index (χ1n) is 10.6. The molecule has 0 atom stereocenters. The minimum atomic E-state index is -0.124. The molecule has 1 aromatic carbocycles. The zero-order chi connectivity index (χ0) is 20.2. The zero-order valence-electron chi connectivity index (χ0n) is 17.0. The third-order valence-electron chi connectivity index (χ3n) is 5.90. The molecule has 1 fully saturated rings. The molecule has 0 bridgehead atoms. The summed E-state index contributed by atoms with van der Waals surface area (Å²) in [6, 6.07) is 9.50. The summed E-state index contributed by atoms with van der Waals surface area (Å²) in [6.07, 6.45) is 4.14. The molecule has 2 heterocycles. The average Bonchev–Trinajstić information content (AvgIpc) is 3.08. The fourth-order valence-corrected chi connectivity index (χ4v) is 5.52. The lowest BCUT2D eigenvalue weighted by molar-refractivity contribution is -0.999. The normalized spacial score (nSPS) is 21.3. The maximum Gasteiger partial charge on any atom is 0.280 e. The molecule has 0 saturated carbocycles. The molecular weight excluding hydrogens is 384 g/mol. The van der Waals surface area contributed by atoms with Gasteiger partial charge < -0.3 is 20.4 Å². The molecule has 154 valence electrons. The standard InChI is InChI=1S/C22H28N4O2S/c1-25-11-13-26(14-12-25)15-19(27)24-22-20(17-9-5-6-10-18(17)29-22)21(28)23-16-7-3-2-4-8-16/h2-4,7-8H,5-6,9-15H2,1H3,(H,23,28)(H,24,27)/p+2. The SMILES string of the molecule is C[NH+]1CC[NH+](CC(=O)Nc2sc3c(c2C(=O)Nc2ccccc2)CCCC3)CC1. The molecule has 4 N–H and O–H groups in total. The Morgan fingerprint density at radius 3 is 2.48 bits per heavy atom. The van der Waals surface area contributed by atoms with E-state index in [0.29, 0.717) is 12.1 Å². The molecule has 2 aromatic rings. The van der Waals surface area contributed by atoms with Crippen molar-refractivity contribution in [2.45, 2.75) is 25.7 Å². The van der Waals surface area contributed by atoms with Crippen LogP contribution in [-0.4, -0.2) is 51.6 Å². The second-order valence-corrected chi connectivity index (χ2v) is 9.27. The Hall–Kier alpha value is -2.22. The Balaban J connectivity index is 1.51. The van der Waals surface area contributed by atoms with Gasteiger partial charge in [-0.1, -0.05) is 18.2 Å². The first kappa shape index (κ1) is 20.1. The molecule has 6 nitrogen and oxygen atoms in total. The van der Waals surface area contributed by atoms with E-state index in [0.717, 1.165) is 68.1 Å². The van der Waals surface area contributed by atoms with Gasteiger partial charge in [0.2, 0.25) is 0 Å². The Bertz CT molecular complexity index is 872. The number of fused-ring (bicyclic) bond motifs is 1. The largest absolute Gasteiger partial charge is 0.328 e. The highest BCUT2D eigenvalue weighted by Gasteiger charge is 2.28. The van der Waals surface area contributed by atoms with Crippen LogP contribution in [0.2, 0.25) is 0 Å². The predicted molar refractivity (Wildman–Crippen MR) is 116 cm³/mol. The van der Waals surface area contributed by atoms with E-state index in [-0.39, 0.29) is 11.8 Å². The Morgan fingerprint density at radius 1 is 1.00 bits per heavy atom. The van der Waals surface area contributed by atoms with Crippen molar-refractivity contribution in [1.29, 1.82) is 0 Å². The topological polar surface area (TPSA) is 67.1 Å². The lowest BCUT2D eigenvalue weighted by Crippen LogP contribution is -3.27. The van der Waals surface area contributed by atoms with Crippen LogP contribution in [0.15, 0.2) is 30.3 Å². The summed E-state index contributed by atoms with van der Waals surface area (Å²) in [6.45, 7) is 4.69. The number of piperazine rings is 1. The number of carbonyl (C=O) groups is 2. The van der Waals surface area contributed by atoms with Crippen molar-refractivity contribution in [2.75, 3.05) is 50.4 Å². The van der Waals surface area contributed by atoms with Crippen molar-refractivity contribution < 1.29 is 19.4 Å². The quantitative estimate of drug-likeness (QED) is 0.566. The molecule has 29 heavy (non-hydrogen) atoms. The highest BCUT2D eigenvalue weighted by atomic mass is 32.1. The molecule has 0 radical (unpaired) electrons. The Kier molecular flexibility index (Phi) is 6.28. The van der Waals surface area contributed by atoms with E-state index < -0.39 is 0 Å². The number of carbonyl (C=O) groups excluding carboxylic acids is 2. The minimum absolute atomic E-state index is 0.00640. The number of para-hydroxylation sites is 1. The van der Waals surface area contributed by atoms with E-state index in [1.807, 2.05) is 30.3 Å². The molecule has 0 spiro atoms. The number of likely N-dealkylation sites (N-methyl/N-ethyl adjacent to an activating group) is 1. The van der Waals surface area contributed by atoms with Crippen LogP contribution in [0.4, 0.5) is 10.7 Å². The van der Waals surface area contributed by atoms with Gasteiger partial charge in [0.15, 0.2) is 6.54 Å². The number of rotatable bonds is 5. The summed E-state index contributed by atoms with van der Waals surface area (Å²) >= 11 is 1.59. The highest BCUT2D eigenvalue weighted by molar-refractivity contribution is 7.17. The Labute approximate surface area is 175 Å². The number of quaternary nitrogens is 2. The molecule has 1 aromatic heterocycles. The smallest absolute Gasteiger partial charge is 0.280 e. The zero-order valence-corrected chi connectivity index (χ0v) is 17.8. The van der Waals surface area contributed by atoms with Crippen LogP contribution < -0.4 is 20.4 Å². The third-order valence-corrected chi connectivity index (χ3v) is 7.11. The fourth-order valence-electron chi connectivity index (χ4n) is 4.21. The number of hydrogen-bond donors (Lipinski definition) is 4. The number of aryl methyl sites for hydroxylation is 1. The van der Waals surface area contributed by atoms with Gasteiger partial charge in [0.25, 0.3) is 11.8 Å². The van der Waals surface area contributed by atoms with Gasteiger partial charge in [0.05, 0.1) is 12.6 Å². The van der Waals surface area contributed by atoms with Gasteiger partial charge in [-0.15, -0.1) is 11.3 Å². The van der Waals surface area contributed by atoms with E-state index in [9.17, 15) is 9.59 Å². The van der Waals surface area contributed by atoms with Crippen molar-refractivity contribution in [3.63, 3.8) is 0 Å². The predicted octanol–water partition coefficient (Wildman–Crippen LogP) is 0.231. The lowest BCUT2D eigenvalue weighted by Gasteiger charge is -2.26. The molecule has 1 aliphatic carbocycles. The van der Waals surface area contributed by atoms with E-state index in [1.54, 1.807) is 11.3 Å². The van der Waals surface area contributed by atoms with Crippen LogP contribution in [0.3, 0.4) is 0 Å². The van der Waals surface area contributed by atoms with E-state index >= 15 is 0 Å². The maximum absolute atomic E-state index is 13.1. The summed E-state index contributed by atoms with van der Waals surface area (Å²) in [7, 11) is 2.20. The Morgan fingerprint density at radius 2 is 1.72 bits per heavy atom.